The van der Waals surface area contributed by atoms with Crippen LogP contribution in [-0.4, -0.2) is 31.1 Å². The topological polar surface area (TPSA) is 39.1 Å². The molecule has 94 valence electrons. The molecule has 1 unspecified atom stereocenters. The van der Waals surface area contributed by atoms with Gasteiger partial charge in [-0.25, -0.2) is 0 Å². The fourth-order valence-electron chi connectivity index (χ4n) is 2.81. The van der Waals surface area contributed by atoms with Crippen molar-refractivity contribution in [1.29, 1.82) is 5.26 Å². The number of nitrogens with one attached hydrogen (secondary N) is 1. The van der Waals surface area contributed by atoms with Crippen LogP contribution >= 0.6 is 0 Å². The summed E-state index contributed by atoms with van der Waals surface area (Å²) in [6, 6.07) is 11.0. The summed E-state index contributed by atoms with van der Waals surface area (Å²) in [6.45, 7) is 3.92. The van der Waals surface area contributed by atoms with Crippen molar-refractivity contribution in [3.05, 3.63) is 35.4 Å². The Hall–Kier alpha value is -1.37. The third-order valence-electron chi connectivity index (χ3n) is 3.95. The highest BCUT2D eigenvalue weighted by atomic mass is 15.2. The van der Waals surface area contributed by atoms with Crippen molar-refractivity contribution >= 4 is 0 Å². The van der Waals surface area contributed by atoms with E-state index in [1.807, 2.05) is 0 Å². The van der Waals surface area contributed by atoms with E-state index in [1.54, 1.807) is 0 Å². The zero-order valence-corrected chi connectivity index (χ0v) is 10.6. The van der Waals surface area contributed by atoms with Gasteiger partial charge in [-0.15, -0.1) is 0 Å². The average molecular weight is 241 g/mol. The lowest BCUT2D eigenvalue weighted by Crippen LogP contribution is -2.45. The molecule has 18 heavy (non-hydrogen) atoms. The van der Waals surface area contributed by atoms with Crippen LogP contribution < -0.4 is 5.32 Å². The zero-order valence-electron chi connectivity index (χ0n) is 10.6. The van der Waals surface area contributed by atoms with E-state index in [1.165, 1.54) is 24.0 Å². The second-order valence-corrected chi connectivity index (χ2v) is 5.22. The Morgan fingerprint density at radius 2 is 1.94 bits per heavy atom. The minimum absolute atomic E-state index is 0.0658. The predicted molar refractivity (Wildman–Crippen MR) is 71.2 cm³/mol. The minimum Gasteiger partial charge on any atom is -0.314 e. The molecule has 1 aromatic rings. The maximum atomic E-state index is 9.55. The number of nitrogens with zero attached hydrogens (tertiary/aromatic N) is 2. The highest BCUT2D eigenvalue weighted by Crippen LogP contribution is 2.43. The van der Waals surface area contributed by atoms with Crippen molar-refractivity contribution in [3.63, 3.8) is 0 Å². The molecule has 3 nitrogen and oxygen atoms in total. The molecule has 0 bridgehead atoms. The summed E-state index contributed by atoms with van der Waals surface area (Å²) in [4.78, 5) is 2.30. The van der Waals surface area contributed by atoms with Gasteiger partial charge in [0, 0.05) is 26.2 Å². The van der Waals surface area contributed by atoms with E-state index < -0.39 is 0 Å². The van der Waals surface area contributed by atoms with Crippen molar-refractivity contribution in [1.82, 2.24) is 10.2 Å². The Kier molecular flexibility index (Phi) is 3.31. The van der Waals surface area contributed by atoms with Gasteiger partial charge in [0.05, 0.1) is 6.07 Å². The van der Waals surface area contributed by atoms with E-state index in [0.717, 1.165) is 26.2 Å². The summed E-state index contributed by atoms with van der Waals surface area (Å²) in [6.07, 6.45) is 2.58. The quantitative estimate of drug-likeness (QED) is 0.880. The number of hydrogen-bond acceptors (Lipinski definition) is 3. The van der Waals surface area contributed by atoms with E-state index in [0.29, 0.717) is 5.92 Å². The van der Waals surface area contributed by atoms with Crippen LogP contribution in [-0.2, 0) is 0 Å². The van der Waals surface area contributed by atoms with Crippen molar-refractivity contribution in [2.45, 2.75) is 24.8 Å². The summed E-state index contributed by atoms with van der Waals surface area (Å²) < 4.78 is 0. The molecule has 1 heterocycles. The Morgan fingerprint density at radius 3 is 2.61 bits per heavy atom. The third-order valence-corrected chi connectivity index (χ3v) is 3.95. The van der Waals surface area contributed by atoms with Crippen LogP contribution in [0.4, 0.5) is 0 Å². The van der Waals surface area contributed by atoms with Gasteiger partial charge in [-0.2, -0.15) is 5.26 Å². The Labute approximate surface area is 108 Å². The van der Waals surface area contributed by atoms with E-state index in [2.05, 4.69) is 40.6 Å². The predicted octanol–water partition coefficient (Wildman–Crippen LogP) is 2.03. The first-order chi connectivity index (χ1) is 8.90. The molecule has 0 amide bonds. The van der Waals surface area contributed by atoms with Crippen molar-refractivity contribution in [2.24, 2.45) is 0 Å². The van der Waals surface area contributed by atoms with Gasteiger partial charge < -0.3 is 5.32 Å². The fourth-order valence-corrected chi connectivity index (χ4v) is 2.81. The van der Waals surface area contributed by atoms with E-state index >= 15 is 0 Å². The standard InChI is InChI=1S/C15H19N3/c16-11-15(18-9-7-17-8-10-18)14-4-2-1-3-13(14)12-5-6-12/h1-4,12,15,17H,5-10H2. The molecule has 1 saturated heterocycles. The molecule has 1 saturated carbocycles. The van der Waals surface area contributed by atoms with Gasteiger partial charge in [0.15, 0.2) is 0 Å². The highest BCUT2D eigenvalue weighted by molar-refractivity contribution is 5.38. The van der Waals surface area contributed by atoms with Crippen LogP contribution in [0.1, 0.15) is 35.9 Å². The maximum absolute atomic E-state index is 9.55. The van der Waals surface area contributed by atoms with Crippen LogP contribution in [0.25, 0.3) is 0 Å². The van der Waals surface area contributed by atoms with Gasteiger partial charge in [0.2, 0.25) is 0 Å². The lowest BCUT2D eigenvalue weighted by atomic mass is 9.96. The van der Waals surface area contributed by atoms with Gasteiger partial charge in [-0.1, -0.05) is 24.3 Å². The van der Waals surface area contributed by atoms with Gasteiger partial charge in [-0.3, -0.25) is 4.90 Å². The van der Waals surface area contributed by atoms with E-state index in [9.17, 15) is 5.26 Å². The number of piperazine rings is 1. The lowest BCUT2D eigenvalue weighted by molar-refractivity contribution is 0.207. The molecular formula is C15H19N3. The second-order valence-electron chi connectivity index (χ2n) is 5.22. The van der Waals surface area contributed by atoms with Gasteiger partial charge in [-0.05, 0) is 29.9 Å². The minimum atomic E-state index is -0.0658. The molecule has 0 radical (unpaired) electrons. The molecule has 1 aromatic carbocycles. The Morgan fingerprint density at radius 1 is 1.22 bits per heavy atom. The summed E-state index contributed by atoms with van der Waals surface area (Å²) in [7, 11) is 0. The maximum Gasteiger partial charge on any atom is 0.124 e. The molecule has 3 rings (SSSR count). The van der Waals surface area contributed by atoms with Crippen molar-refractivity contribution < 1.29 is 0 Å². The number of rotatable bonds is 3. The molecule has 2 aliphatic rings. The SMILES string of the molecule is N#CC(c1ccccc1C1CC1)N1CCNCC1. The molecular weight excluding hydrogens is 222 g/mol. The number of benzene rings is 1. The smallest absolute Gasteiger partial charge is 0.124 e. The summed E-state index contributed by atoms with van der Waals surface area (Å²) in [5.41, 5.74) is 2.65. The molecule has 2 fully saturated rings. The van der Waals surface area contributed by atoms with Crippen molar-refractivity contribution in [2.75, 3.05) is 26.2 Å². The number of nitriles is 1. The normalized spacial score (nSPS) is 22.4. The molecule has 3 heteroatoms. The van der Waals surface area contributed by atoms with E-state index in [-0.39, 0.29) is 6.04 Å². The van der Waals surface area contributed by atoms with Crippen LogP contribution in [0.2, 0.25) is 0 Å². The molecule has 0 spiro atoms. The first kappa shape index (κ1) is 11.7. The van der Waals surface area contributed by atoms with Gasteiger partial charge in [0.1, 0.15) is 6.04 Å². The van der Waals surface area contributed by atoms with E-state index in [4.69, 9.17) is 0 Å². The molecule has 1 N–H and O–H groups in total. The lowest BCUT2D eigenvalue weighted by Gasteiger charge is -2.32. The first-order valence-electron chi connectivity index (χ1n) is 6.83. The molecule has 0 aromatic heterocycles. The fraction of sp³-hybridized carbons (Fsp3) is 0.533. The first-order valence-corrected chi connectivity index (χ1v) is 6.83. The monoisotopic (exact) mass is 241 g/mol. The van der Waals surface area contributed by atoms with Crippen molar-refractivity contribution in [3.8, 4) is 6.07 Å². The Bertz CT molecular complexity index is 453. The van der Waals surface area contributed by atoms with Crippen LogP contribution in [0.5, 0.6) is 0 Å². The highest BCUT2D eigenvalue weighted by Gasteiger charge is 2.30. The summed E-state index contributed by atoms with van der Waals surface area (Å²) >= 11 is 0. The van der Waals surface area contributed by atoms with Crippen LogP contribution in [0.15, 0.2) is 24.3 Å². The van der Waals surface area contributed by atoms with Gasteiger partial charge in [0.25, 0.3) is 0 Å². The summed E-state index contributed by atoms with van der Waals surface area (Å²) in [5.74, 6) is 0.708. The van der Waals surface area contributed by atoms with Crippen LogP contribution in [0.3, 0.4) is 0 Å². The molecule has 1 aliphatic heterocycles. The second kappa shape index (κ2) is 5.09. The van der Waals surface area contributed by atoms with Gasteiger partial charge >= 0.3 is 0 Å². The third kappa shape index (κ3) is 2.27. The Balaban J connectivity index is 1.88. The summed E-state index contributed by atoms with van der Waals surface area (Å²) in [5, 5.41) is 12.9. The molecule has 1 atom stereocenters. The number of hydrogen-bond donors (Lipinski definition) is 1. The average Bonchev–Trinajstić information content (AvgIpc) is 3.26. The molecule has 1 aliphatic carbocycles. The van der Waals surface area contributed by atoms with Crippen LogP contribution in [0, 0.1) is 11.3 Å². The zero-order chi connectivity index (χ0) is 12.4. The largest absolute Gasteiger partial charge is 0.314 e.